The minimum Gasteiger partial charge on any atom is -0.478 e. The Bertz CT molecular complexity index is 853. The molecule has 1 unspecified atom stereocenters. The van der Waals surface area contributed by atoms with Crippen molar-refractivity contribution in [2.75, 3.05) is 7.11 Å². The molecule has 8 nitrogen and oxygen atoms in total. The van der Waals surface area contributed by atoms with Crippen LogP contribution in [0, 0.1) is 13.8 Å². The number of ether oxygens (including phenoxy) is 2. The van der Waals surface area contributed by atoms with Crippen LogP contribution in [0.25, 0.3) is 0 Å². The molecule has 0 bridgehead atoms. The third-order valence-electron chi connectivity index (χ3n) is 3.69. The number of carboxylic acids is 2. The first-order valence-corrected chi connectivity index (χ1v) is 8.51. The SMILES string of the molecule is COC(=O)CC(OC(=O)c1ccc(C)cc1)C(=O)O.Cc1ccc(C(=O)O)cc1. The number of hydrogen-bond acceptors (Lipinski definition) is 6. The van der Waals surface area contributed by atoms with Crippen molar-refractivity contribution in [3.63, 3.8) is 0 Å². The number of benzene rings is 2. The molecule has 0 heterocycles. The fraction of sp³-hybridized carbons (Fsp3) is 0.238. The molecule has 1 atom stereocenters. The summed E-state index contributed by atoms with van der Waals surface area (Å²) in [5.74, 6) is -3.83. The molecular formula is C21H22O8. The van der Waals surface area contributed by atoms with Crippen LogP contribution < -0.4 is 0 Å². The molecule has 0 aliphatic carbocycles. The van der Waals surface area contributed by atoms with E-state index in [1.165, 1.54) is 12.1 Å². The number of methoxy groups -OCH3 is 1. The lowest BCUT2D eigenvalue weighted by molar-refractivity contribution is -0.154. The zero-order chi connectivity index (χ0) is 22.0. The van der Waals surface area contributed by atoms with Gasteiger partial charge in [0, 0.05) is 0 Å². The fourth-order valence-corrected chi connectivity index (χ4v) is 2.00. The molecular weight excluding hydrogens is 380 g/mol. The van der Waals surface area contributed by atoms with Gasteiger partial charge in [-0.15, -0.1) is 0 Å². The molecule has 0 saturated carbocycles. The smallest absolute Gasteiger partial charge is 0.345 e. The maximum Gasteiger partial charge on any atom is 0.345 e. The highest BCUT2D eigenvalue weighted by atomic mass is 16.6. The highest BCUT2D eigenvalue weighted by Gasteiger charge is 2.26. The molecule has 0 aromatic heterocycles. The van der Waals surface area contributed by atoms with Crippen molar-refractivity contribution in [1.29, 1.82) is 0 Å². The van der Waals surface area contributed by atoms with Gasteiger partial charge in [0.15, 0.2) is 0 Å². The molecule has 0 spiro atoms. The molecule has 2 N–H and O–H groups in total. The van der Waals surface area contributed by atoms with Gasteiger partial charge in [-0.05, 0) is 38.1 Å². The summed E-state index contributed by atoms with van der Waals surface area (Å²) >= 11 is 0. The van der Waals surface area contributed by atoms with E-state index in [1.54, 1.807) is 36.4 Å². The van der Waals surface area contributed by atoms with Gasteiger partial charge >= 0.3 is 23.9 Å². The van der Waals surface area contributed by atoms with Gasteiger partial charge in [-0.3, -0.25) is 4.79 Å². The largest absolute Gasteiger partial charge is 0.478 e. The minimum atomic E-state index is -1.55. The van der Waals surface area contributed by atoms with Gasteiger partial charge in [-0.1, -0.05) is 35.4 Å². The summed E-state index contributed by atoms with van der Waals surface area (Å²) in [4.78, 5) is 43.9. The number of aromatic carboxylic acids is 1. The maximum atomic E-state index is 11.7. The molecule has 0 amide bonds. The van der Waals surface area contributed by atoms with Crippen LogP contribution in [0.15, 0.2) is 48.5 Å². The van der Waals surface area contributed by atoms with Gasteiger partial charge in [0.25, 0.3) is 0 Å². The van der Waals surface area contributed by atoms with Gasteiger partial charge < -0.3 is 19.7 Å². The Labute approximate surface area is 167 Å². The Kier molecular flexibility index (Phi) is 9.04. The van der Waals surface area contributed by atoms with Gasteiger partial charge in [-0.25, -0.2) is 14.4 Å². The van der Waals surface area contributed by atoms with Gasteiger partial charge in [0.05, 0.1) is 24.7 Å². The summed E-state index contributed by atoms with van der Waals surface area (Å²) in [7, 11) is 1.13. The van der Waals surface area contributed by atoms with E-state index in [0.717, 1.165) is 18.2 Å². The zero-order valence-electron chi connectivity index (χ0n) is 16.2. The highest BCUT2D eigenvalue weighted by Crippen LogP contribution is 2.09. The van der Waals surface area contributed by atoms with Gasteiger partial charge in [0.2, 0.25) is 6.10 Å². The summed E-state index contributed by atoms with van der Waals surface area (Å²) < 4.78 is 9.11. The van der Waals surface area contributed by atoms with Crippen molar-refractivity contribution in [3.05, 3.63) is 70.8 Å². The van der Waals surface area contributed by atoms with Crippen LogP contribution in [0.5, 0.6) is 0 Å². The fourth-order valence-electron chi connectivity index (χ4n) is 2.00. The second-order valence-corrected chi connectivity index (χ2v) is 6.05. The molecule has 0 fully saturated rings. The second kappa shape index (κ2) is 11.2. The maximum absolute atomic E-state index is 11.7. The van der Waals surface area contributed by atoms with Crippen LogP contribution in [0.2, 0.25) is 0 Å². The molecule has 0 aliphatic rings. The standard InChI is InChI=1S/C13H14O6.C8H8O2/c1-8-3-5-9(6-4-8)13(17)19-10(12(15)16)7-11(14)18-2;1-6-2-4-7(5-3-6)8(9)10/h3-6,10H,7H2,1-2H3,(H,15,16);2-5H,1H3,(H,9,10). The third kappa shape index (κ3) is 8.25. The lowest BCUT2D eigenvalue weighted by atomic mass is 10.1. The van der Waals surface area contributed by atoms with Crippen molar-refractivity contribution in [1.82, 2.24) is 0 Å². The number of rotatable bonds is 6. The van der Waals surface area contributed by atoms with Crippen molar-refractivity contribution in [2.24, 2.45) is 0 Å². The highest BCUT2D eigenvalue weighted by molar-refractivity contribution is 5.92. The van der Waals surface area contributed by atoms with Gasteiger partial charge in [0.1, 0.15) is 0 Å². The first-order chi connectivity index (χ1) is 13.6. The predicted molar refractivity (Wildman–Crippen MR) is 103 cm³/mol. The number of hydrogen-bond donors (Lipinski definition) is 2. The first kappa shape index (κ1) is 23.4. The van der Waals surface area contributed by atoms with E-state index >= 15 is 0 Å². The molecule has 29 heavy (non-hydrogen) atoms. The van der Waals surface area contributed by atoms with Crippen molar-refractivity contribution < 1.29 is 38.9 Å². The molecule has 2 rings (SSSR count). The van der Waals surface area contributed by atoms with E-state index < -0.39 is 36.4 Å². The number of esters is 2. The Balaban J connectivity index is 0.000000352. The zero-order valence-corrected chi connectivity index (χ0v) is 16.2. The van der Waals surface area contributed by atoms with E-state index in [1.807, 2.05) is 13.8 Å². The Hall–Kier alpha value is -3.68. The molecule has 2 aromatic rings. The quantitative estimate of drug-likeness (QED) is 0.706. The Morgan fingerprint density at radius 3 is 1.66 bits per heavy atom. The van der Waals surface area contributed by atoms with E-state index in [0.29, 0.717) is 5.56 Å². The summed E-state index contributed by atoms with van der Waals surface area (Å²) in [6.45, 7) is 3.78. The van der Waals surface area contributed by atoms with Crippen LogP contribution in [-0.4, -0.2) is 47.3 Å². The van der Waals surface area contributed by atoms with Crippen molar-refractivity contribution in [3.8, 4) is 0 Å². The van der Waals surface area contributed by atoms with Crippen LogP contribution >= 0.6 is 0 Å². The molecule has 8 heteroatoms. The third-order valence-corrected chi connectivity index (χ3v) is 3.69. The van der Waals surface area contributed by atoms with Crippen molar-refractivity contribution in [2.45, 2.75) is 26.4 Å². The minimum absolute atomic E-state index is 0.224. The number of carbonyl (C=O) groups is 4. The van der Waals surface area contributed by atoms with Gasteiger partial charge in [-0.2, -0.15) is 0 Å². The lowest BCUT2D eigenvalue weighted by Gasteiger charge is -2.12. The van der Waals surface area contributed by atoms with Crippen LogP contribution in [0.4, 0.5) is 0 Å². The van der Waals surface area contributed by atoms with Crippen LogP contribution in [0.3, 0.4) is 0 Å². The molecule has 154 valence electrons. The van der Waals surface area contributed by atoms with E-state index in [9.17, 15) is 19.2 Å². The number of aryl methyl sites for hydroxylation is 2. The van der Waals surface area contributed by atoms with Crippen molar-refractivity contribution >= 4 is 23.9 Å². The number of carboxylic acid groups (broad SMARTS) is 2. The number of carbonyl (C=O) groups excluding carboxylic acids is 2. The van der Waals surface area contributed by atoms with E-state index in [-0.39, 0.29) is 5.56 Å². The Morgan fingerprint density at radius 1 is 0.828 bits per heavy atom. The average Bonchev–Trinajstić information content (AvgIpc) is 2.68. The first-order valence-electron chi connectivity index (χ1n) is 8.51. The van der Waals surface area contributed by atoms with E-state index in [2.05, 4.69) is 4.74 Å². The number of aliphatic carboxylic acids is 1. The average molecular weight is 402 g/mol. The molecule has 0 saturated heterocycles. The summed E-state index contributed by atoms with van der Waals surface area (Å²) in [5.41, 5.74) is 2.60. The lowest BCUT2D eigenvalue weighted by Crippen LogP contribution is -2.30. The normalized spacial score (nSPS) is 10.7. The summed E-state index contributed by atoms with van der Waals surface area (Å²) in [5, 5.41) is 17.3. The molecule has 0 radical (unpaired) electrons. The van der Waals surface area contributed by atoms with Crippen LogP contribution in [-0.2, 0) is 19.1 Å². The predicted octanol–water partition coefficient (Wildman–Crippen LogP) is 2.86. The monoisotopic (exact) mass is 402 g/mol. The second-order valence-electron chi connectivity index (χ2n) is 6.05. The van der Waals surface area contributed by atoms with E-state index in [4.69, 9.17) is 14.9 Å². The molecule has 0 aliphatic heterocycles. The summed E-state index contributed by atoms with van der Waals surface area (Å²) in [6.07, 6.45) is -2.08. The summed E-state index contributed by atoms with van der Waals surface area (Å²) in [6, 6.07) is 13.2. The Morgan fingerprint density at radius 2 is 1.28 bits per heavy atom. The topological polar surface area (TPSA) is 127 Å². The molecule has 2 aromatic carbocycles. The van der Waals surface area contributed by atoms with Crippen LogP contribution in [0.1, 0.15) is 38.3 Å².